The summed E-state index contributed by atoms with van der Waals surface area (Å²) in [6.07, 6.45) is 4.65. The number of methoxy groups -OCH3 is 1. The molecule has 2 rings (SSSR count). The average Bonchev–Trinajstić information content (AvgIpc) is 2.61. The minimum absolute atomic E-state index is 0.109. The molecule has 0 aliphatic carbocycles. The summed E-state index contributed by atoms with van der Waals surface area (Å²) in [5, 5.41) is 0. The van der Waals surface area contributed by atoms with Crippen LogP contribution in [0.3, 0.4) is 0 Å². The van der Waals surface area contributed by atoms with Gasteiger partial charge >= 0.3 is 5.97 Å². The Morgan fingerprint density at radius 2 is 1.57 bits per heavy atom. The second kappa shape index (κ2) is 8.49. The fourth-order valence-electron chi connectivity index (χ4n) is 2.62. The zero-order valence-electron chi connectivity index (χ0n) is 13.9. The number of rotatable bonds is 7. The first-order chi connectivity index (χ1) is 11.2. The monoisotopic (exact) mass is 311 g/mol. The summed E-state index contributed by atoms with van der Waals surface area (Å²) >= 11 is 0. The predicted molar refractivity (Wildman–Crippen MR) is 94.3 cm³/mol. The Morgan fingerprint density at radius 3 is 2.09 bits per heavy atom. The van der Waals surface area contributed by atoms with Crippen molar-refractivity contribution in [1.29, 1.82) is 0 Å². The topological polar surface area (TPSA) is 52.3 Å². The van der Waals surface area contributed by atoms with Crippen LogP contribution in [0.4, 0.5) is 0 Å². The molecular formula is C20H25NO2. The highest BCUT2D eigenvalue weighted by Crippen LogP contribution is 2.24. The number of nitrogens with two attached hydrogens (primary N) is 1. The third-order valence-electron chi connectivity index (χ3n) is 4.10. The van der Waals surface area contributed by atoms with Crippen molar-refractivity contribution >= 4 is 5.97 Å². The third kappa shape index (κ3) is 4.67. The minimum Gasteiger partial charge on any atom is -0.465 e. The molecule has 1 atom stereocenters. The van der Waals surface area contributed by atoms with E-state index in [1.54, 1.807) is 12.1 Å². The van der Waals surface area contributed by atoms with Crippen molar-refractivity contribution in [3.63, 3.8) is 0 Å². The van der Waals surface area contributed by atoms with E-state index in [0.717, 1.165) is 17.5 Å². The Labute approximate surface area is 138 Å². The maximum atomic E-state index is 11.5. The Balaban J connectivity index is 2.05. The molecule has 122 valence electrons. The van der Waals surface area contributed by atoms with Crippen LogP contribution in [-0.2, 0) is 4.74 Å². The number of esters is 1. The largest absolute Gasteiger partial charge is 0.465 e. The molecule has 3 heteroatoms. The summed E-state index contributed by atoms with van der Waals surface area (Å²) in [7, 11) is 1.39. The molecule has 0 aliphatic heterocycles. The van der Waals surface area contributed by atoms with Crippen molar-refractivity contribution in [2.45, 2.75) is 38.6 Å². The van der Waals surface area contributed by atoms with Gasteiger partial charge in [-0.15, -0.1) is 0 Å². The maximum Gasteiger partial charge on any atom is 0.337 e. The van der Waals surface area contributed by atoms with Crippen LogP contribution in [-0.4, -0.2) is 13.1 Å². The number of benzene rings is 2. The second-order valence-electron chi connectivity index (χ2n) is 5.79. The molecule has 2 aromatic carbocycles. The van der Waals surface area contributed by atoms with Crippen LogP contribution in [0.2, 0.25) is 0 Å². The van der Waals surface area contributed by atoms with E-state index in [2.05, 4.69) is 31.2 Å². The molecule has 0 saturated carbocycles. The maximum absolute atomic E-state index is 11.5. The first kappa shape index (κ1) is 17.2. The Morgan fingerprint density at radius 1 is 1.00 bits per heavy atom. The van der Waals surface area contributed by atoms with E-state index in [1.807, 2.05) is 12.1 Å². The van der Waals surface area contributed by atoms with Crippen LogP contribution in [0.1, 0.15) is 54.6 Å². The fraction of sp³-hybridized carbons (Fsp3) is 0.350. The van der Waals surface area contributed by atoms with Crippen molar-refractivity contribution in [2.24, 2.45) is 5.73 Å². The van der Waals surface area contributed by atoms with Gasteiger partial charge in [-0.2, -0.15) is 0 Å². The molecule has 0 fully saturated rings. The summed E-state index contributed by atoms with van der Waals surface area (Å²) < 4.78 is 4.71. The summed E-state index contributed by atoms with van der Waals surface area (Å²) in [4.78, 5) is 11.5. The van der Waals surface area contributed by atoms with Crippen LogP contribution in [0.15, 0.2) is 48.5 Å². The van der Waals surface area contributed by atoms with Crippen LogP contribution in [0.5, 0.6) is 0 Å². The van der Waals surface area contributed by atoms with Crippen molar-refractivity contribution < 1.29 is 9.53 Å². The summed E-state index contributed by atoms with van der Waals surface area (Å²) in [6.45, 7) is 2.20. The zero-order valence-corrected chi connectivity index (χ0v) is 13.9. The van der Waals surface area contributed by atoms with Crippen molar-refractivity contribution in [1.82, 2.24) is 0 Å². The van der Waals surface area contributed by atoms with E-state index >= 15 is 0 Å². The lowest BCUT2D eigenvalue weighted by Gasteiger charge is -2.12. The van der Waals surface area contributed by atoms with Gasteiger partial charge in [0.1, 0.15) is 0 Å². The first-order valence-electron chi connectivity index (χ1n) is 8.20. The highest BCUT2D eigenvalue weighted by Gasteiger charge is 2.07. The Kier molecular flexibility index (Phi) is 6.36. The van der Waals surface area contributed by atoms with E-state index in [1.165, 1.54) is 31.9 Å². The molecular weight excluding hydrogens is 286 g/mol. The van der Waals surface area contributed by atoms with Gasteiger partial charge in [0.25, 0.3) is 0 Å². The minimum atomic E-state index is -0.315. The summed E-state index contributed by atoms with van der Waals surface area (Å²) in [6, 6.07) is 15.9. The lowest BCUT2D eigenvalue weighted by molar-refractivity contribution is 0.0601. The summed E-state index contributed by atoms with van der Waals surface area (Å²) in [5.41, 5.74) is 10.2. The van der Waals surface area contributed by atoms with Gasteiger partial charge in [-0.25, -0.2) is 4.79 Å². The van der Waals surface area contributed by atoms with Crippen molar-refractivity contribution in [2.75, 3.05) is 7.11 Å². The number of hydrogen-bond donors (Lipinski definition) is 1. The van der Waals surface area contributed by atoms with Gasteiger partial charge in [-0.3, -0.25) is 0 Å². The smallest absolute Gasteiger partial charge is 0.337 e. The van der Waals surface area contributed by atoms with Crippen LogP contribution >= 0.6 is 0 Å². The van der Waals surface area contributed by atoms with Gasteiger partial charge in [-0.1, -0.05) is 62.6 Å². The van der Waals surface area contributed by atoms with Gasteiger partial charge in [0.15, 0.2) is 0 Å². The molecule has 0 heterocycles. The molecule has 0 saturated heterocycles. The second-order valence-corrected chi connectivity index (χ2v) is 5.79. The van der Waals surface area contributed by atoms with Gasteiger partial charge in [0.2, 0.25) is 0 Å². The first-order valence-corrected chi connectivity index (χ1v) is 8.20. The molecule has 0 amide bonds. The number of unbranched alkanes of at least 4 members (excludes halogenated alkanes) is 2. The van der Waals surface area contributed by atoms with Gasteiger partial charge in [0, 0.05) is 6.04 Å². The molecule has 2 aromatic rings. The summed E-state index contributed by atoms with van der Waals surface area (Å²) in [5.74, 6) is -0.315. The molecule has 0 aromatic heterocycles. The molecule has 1 unspecified atom stereocenters. The number of carbonyl (C=O) groups excluding carboxylic acids is 1. The molecule has 3 nitrogen and oxygen atoms in total. The van der Waals surface area contributed by atoms with E-state index < -0.39 is 0 Å². The number of hydrogen-bond acceptors (Lipinski definition) is 3. The van der Waals surface area contributed by atoms with Gasteiger partial charge < -0.3 is 10.5 Å². The lowest BCUT2D eigenvalue weighted by atomic mass is 9.97. The van der Waals surface area contributed by atoms with Gasteiger partial charge in [0.05, 0.1) is 12.7 Å². The number of ether oxygens (including phenoxy) is 1. The standard InChI is InChI=1S/C20H25NO2/c1-3-4-5-6-19(21)17-11-7-15(8-12-17)16-9-13-18(14-10-16)20(22)23-2/h7-14,19H,3-6,21H2,1-2H3. The molecule has 0 aliphatic rings. The number of carbonyl (C=O) groups is 1. The highest BCUT2D eigenvalue weighted by atomic mass is 16.5. The van der Waals surface area contributed by atoms with Crippen LogP contribution < -0.4 is 5.73 Å². The SMILES string of the molecule is CCCCCC(N)c1ccc(-c2ccc(C(=O)OC)cc2)cc1. The quantitative estimate of drug-likeness (QED) is 0.594. The molecule has 2 N–H and O–H groups in total. The zero-order chi connectivity index (χ0) is 16.7. The predicted octanol–water partition coefficient (Wildman–Crippen LogP) is 4.72. The molecule has 0 bridgehead atoms. The van der Waals surface area contributed by atoms with E-state index in [0.29, 0.717) is 5.56 Å². The normalized spacial score (nSPS) is 12.0. The van der Waals surface area contributed by atoms with Crippen LogP contribution in [0.25, 0.3) is 11.1 Å². The fourth-order valence-corrected chi connectivity index (χ4v) is 2.62. The van der Waals surface area contributed by atoms with E-state index in [4.69, 9.17) is 10.5 Å². The van der Waals surface area contributed by atoms with Gasteiger partial charge in [-0.05, 0) is 35.2 Å². The van der Waals surface area contributed by atoms with Crippen molar-refractivity contribution in [3.8, 4) is 11.1 Å². The molecule has 0 radical (unpaired) electrons. The molecule has 23 heavy (non-hydrogen) atoms. The Bertz CT molecular complexity index is 617. The van der Waals surface area contributed by atoms with Crippen molar-refractivity contribution in [3.05, 3.63) is 59.7 Å². The van der Waals surface area contributed by atoms with E-state index in [9.17, 15) is 4.79 Å². The van der Waals surface area contributed by atoms with E-state index in [-0.39, 0.29) is 12.0 Å². The third-order valence-corrected chi connectivity index (χ3v) is 4.10. The highest BCUT2D eigenvalue weighted by molar-refractivity contribution is 5.89. The lowest BCUT2D eigenvalue weighted by Crippen LogP contribution is -2.09. The average molecular weight is 311 g/mol. The van der Waals surface area contributed by atoms with Crippen LogP contribution in [0, 0.1) is 0 Å². The Hall–Kier alpha value is -2.13. The molecule has 0 spiro atoms.